The molecule has 0 unspecified atom stereocenters. The van der Waals surface area contributed by atoms with Gasteiger partial charge in [-0.2, -0.15) is 0 Å². The number of para-hydroxylation sites is 1. The lowest BCUT2D eigenvalue weighted by molar-refractivity contribution is 0.122. The minimum Gasteiger partial charge on any atom is -0.395 e. The Morgan fingerprint density at radius 2 is 1.83 bits per heavy atom. The van der Waals surface area contributed by atoms with Crippen LogP contribution in [0.15, 0.2) is 24.3 Å². The molecule has 134 valence electrons. The minimum atomic E-state index is 0.279. The van der Waals surface area contributed by atoms with Gasteiger partial charge in [0.1, 0.15) is 0 Å². The number of aliphatic hydroxyl groups excluding tert-OH is 1. The maximum Gasteiger partial charge on any atom is 0.0642 e. The number of anilines is 1. The molecule has 0 saturated carbocycles. The smallest absolute Gasteiger partial charge is 0.0642 e. The number of likely N-dealkylation sites (tertiary alicyclic amines) is 1. The van der Waals surface area contributed by atoms with Gasteiger partial charge in [0.25, 0.3) is 0 Å². The summed E-state index contributed by atoms with van der Waals surface area (Å²) in [6.07, 6.45) is 2.47. The Kier molecular flexibility index (Phi) is 6.90. The van der Waals surface area contributed by atoms with Gasteiger partial charge >= 0.3 is 0 Å². The van der Waals surface area contributed by atoms with Gasteiger partial charge in [0.2, 0.25) is 0 Å². The van der Waals surface area contributed by atoms with Crippen LogP contribution in [0.25, 0.3) is 0 Å². The van der Waals surface area contributed by atoms with E-state index >= 15 is 0 Å². The number of nitrogens with zero attached hydrogens (tertiary/aromatic N) is 2. The predicted octanol–water partition coefficient (Wildman–Crippen LogP) is 1.32. The largest absolute Gasteiger partial charge is 0.395 e. The van der Waals surface area contributed by atoms with Crippen LogP contribution in [0, 0.1) is 5.92 Å². The van der Waals surface area contributed by atoms with Gasteiger partial charge in [-0.25, -0.2) is 0 Å². The van der Waals surface area contributed by atoms with E-state index in [0.717, 1.165) is 64.9 Å². The van der Waals surface area contributed by atoms with E-state index < -0.39 is 0 Å². The number of hydrogen-bond acceptors (Lipinski definition) is 5. The molecule has 0 atom stereocenters. The fourth-order valence-electron chi connectivity index (χ4n) is 3.74. The van der Waals surface area contributed by atoms with Crippen LogP contribution in [0.3, 0.4) is 0 Å². The van der Waals surface area contributed by atoms with Crippen molar-refractivity contribution in [1.82, 2.24) is 10.2 Å². The summed E-state index contributed by atoms with van der Waals surface area (Å²) >= 11 is 0. The normalized spacial score (nSPS) is 20.5. The molecule has 2 saturated heterocycles. The number of aliphatic hydroxyl groups is 1. The maximum atomic E-state index is 9.02. The lowest BCUT2D eigenvalue weighted by Crippen LogP contribution is -2.39. The van der Waals surface area contributed by atoms with E-state index in [1.165, 1.54) is 24.1 Å². The molecular formula is C19H31N3O2. The molecule has 24 heavy (non-hydrogen) atoms. The van der Waals surface area contributed by atoms with E-state index in [2.05, 4.69) is 39.4 Å². The second-order valence-electron chi connectivity index (χ2n) is 6.87. The molecule has 0 bridgehead atoms. The summed E-state index contributed by atoms with van der Waals surface area (Å²) in [5, 5.41) is 12.7. The Labute approximate surface area is 145 Å². The minimum absolute atomic E-state index is 0.279. The highest BCUT2D eigenvalue weighted by molar-refractivity contribution is 5.53. The van der Waals surface area contributed by atoms with E-state index in [4.69, 9.17) is 9.84 Å². The number of nitrogens with one attached hydrogen (secondary N) is 1. The highest BCUT2D eigenvalue weighted by Gasteiger charge is 2.19. The fraction of sp³-hybridized carbons (Fsp3) is 0.684. The van der Waals surface area contributed by atoms with Gasteiger partial charge in [0, 0.05) is 31.9 Å². The van der Waals surface area contributed by atoms with E-state index in [1.54, 1.807) is 0 Å². The molecule has 0 spiro atoms. The van der Waals surface area contributed by atoms with Crippen LogP contribution in [0.2, 0.25) is 0 Å². The third-order valence-electron chi connectivity index (χ3n) is 5.22. The molecule has 5 nitrogen and oxygen atoms in total. The summed E-state index contributed by atoms with van der Waals surface area (Å²) in [5.74, 6) is 0.760. The molecule has 0 aliphatic carbocycles. The van der Waals surface area contributed by atoms with Crippen molar-refractivity contribution >= 4 is 5.69 Å². The molecule has 5 heteroatoms. The lowest BCUT2D eigenvalue weighted by atomic mass is 9.96. The maximum absolute atomic E-state index is 9.02. The van der Waals surface area contributed by atoms with Gasteiger partial charge in [-0.3, -0.25) is 0 Å². The summed E-state index contributed by atoms with van der Waals surface area (Å²) in [7, 11) is 0. The molecule has 0 aromatic heterocycles. The van der Waals surface area contributed by atoms with Crippen molar-refractivity contribution in [3.05, 3.63) is 29.8 Å². The van der Waals surface area contributed by atoms with Crippen LogP contribution in [0.1, 0.15) is 18.4 Å². The molecule has 2 aliphatic heterocycles. The standard InChI is InChI=1S/C19H31N3O2/c23-12-9-21-7-5-17(6-8-21)15-20-16-18-3-1-2-4-19(18)22-10-13-24-14-11-22/h1-4,17,20,23H,5-16H2. The average Bonchev–Trinajstić information content (AvgIpc) is 2.65. The van der Waals surface area contributed by atoms with E-state index in [1.807, 2.05) is 0 Å². The summed E-state index contributed by atoms with van der Waals surface area (Å²) < 4.78 is 5.47. The number of hydrogen-bond donors (Lipinski definition) is 2. The van der Waals surface area contributed by atoms with E-state index in [-0.39, 0.29) is 6.61 Å². The van der Waals surface area contributed by atoms with Gasteiger partial charge in [-0.05, 0) is 50.0 Å². The van der Waals surface area contributed by atoms with Gasteiger partial charge in [0.15, 0.2) is 0 Å². The van der Waals surface area contributed by atoms with Crippen LogP contribution in [0.5, 0.6) is 0 Å². The second-order valence-corrected chi connectivity index (χ2v) is 6.87. The zero-order valence-corrected chi connectivity index (χ0v) is 14.6. The summed E-state index contributed by atoms with van der Waals surface area (Å²) in [4.78, 5) is 4.80. The van der Waals surface area contributed by atoms with Crippen LogP contribution in [-0.4, -0.2) is 69.1 Å². The third kappa shape index (κ3) is 4.93. The molecule has 2 heterocycles. The Balaban J connectivity index is 1.45. The first-order valence-corrected chi connectivity index (χ1v) is 9.31. The quantitative estimate of drug-likeness (QED) is 0.788. The van der Waals surface area contributed by atoms with Crippen molar-refractivity contribution in [3.8, 4) is 0 Å². The van der Waals surface area contributed by atoms with Crippen LogP contribution >= 0.6 is 0 Å². The molecule has 2 fully saturated rings. The van der Waals surface area contributed by atoms with Gasteiger partial charge in [0.05, 0.1) is 19.8 Å². The summed E-state index contributed by atoms with van der Waals surface area (Å²) in [6, 6.07) is 8.73. The lowest BCUT2D eigenvalue weighted by Gasteiger charge is -2.32. The molecule has 1 aromatic rings. The van der Waals surface area contributed by atoms with Gasteiger partial charge in [-0.15, -0.1) is 0 Å². The first-order chi connectivity index (χ1) is 11.9. The second kappa shape index (κ2) is 9.37. The Bertz CT molecular complexity index is 483. The molecular weight excluding hydrogens is 302 g/mol. The number of β-amino-alcohol motifs (C(OH)–C–C–N with tert-alkyl or cyclic N) is 1. The summed E-state index contributed by atoms with van der Waals surface area (Å²) in [6.45, 7) is 9.00. The Hall–Kier alpha value is -1.14. The van der Waals surface area contributed by atoms with Crippen LogP contribution in [-0.2, 0) is 11.3 Å². The molecule has 1 aromatic carbocycles. The monoisotopic (exact) mass is 333 g/mol. The molecule has 0 amide bonds. The Morgan fingerprint density at radius 1 is 1.08 bits per heavy atom. The molecule has 3 rings (SSSR count). The first kappa shape index (κ1) is 17.7. The van der Waals surface area contributed by atoms with E-state index in [0.29, 0.717) is 0 Å². The van der Waals surface area contributed by atoms with Crippen LogP contribution in [0.4, 0.5) is 5.69 Å². The zero-order valence-electron chi connectivity index (χ0n) is 14.6. The van der Waals surface area contributed by atoms with Crippen molar-refractivity contribution in [1.29, 1.82) is 0 Å². The van der Waals surface area contributed by atoms with Crippen molar-refractivity contribution in [2.45, 2.75) is 19.4 Å². The Morgan fingerprint density at radius 3 is 2.58 bits per heavy atom. The van der Waals surface area contributed by atoms with E-state index in [9.17, 15) is 0 Å². The molecule has 2 N–H and O–H groups in total. The van der Waals surface area contributed by atoms with Gasteiger partial charge < -0.3 is 25.0 Å². The highest BCUT2D eigenvalue weighted by atomic mass is 16.5. The SMILES string of the molecule is OCCN1CCC(CNCc2ccccc2N2CCOCC2)CC1. The molecule has 2 aliphatic rings. The predicted molar refractivity (Wildman–Crippen MR) is 97.4 cm³/mol. The highest BCUT2D eigenvalue weighted by Crippen LogP contribution is 2.22. The van der Waals surface area contributed by atoms with Crippen molar-refractivity contribution in [2.75, 3.05) is 64.0 Å². The average molecular weight is 333 g/mol. The molecule has 0 radical (unpaired) electrons. The number of ether oxygens (including phenoxy) is 1. The third-order valence-corrected chi connectivity index (χ3v) is 5.22. The van der Waals surface area contributed by atoms with Crippen molar-refractivity contribution in [3.63, 3.8) is 0 Å². The number of rotatable bonds is 7. The number of piperidine rings is 1. The topological polar surface area (TPSA) is 48.0 Å². The first-order valence-electron chi connectivity index (χ1n) is 9.31. The number of morpholine rings is 1. The van der Waals surface area contributed by atoms with Gasteiger partial charge in [-0.1, -0.05) is 18.2 Å². The fourth-order valence-corrected chi connectivity index (χ4v) is 3.74. The van der Waals surface area contributed by atoms with Crippen LogP contribution < -0.4 is 10.2 Å². The van der Waals surface area contributed by atoms with Crippen molar-refractivity contribution < 1.29 is 9.84 Å². The number of benzene rings is 1. The van der Waals surface area contributed by atoms with Crippen molar-refractivity contribution in [2.24, 2.45) is 5.92 Å². The zero-order chi connectivity index (χ0) is 16.6. The summed E-state index contributed by atoms with van der Waals surface area (Å²) in [5.41, 5.74) is 2.74.